The number of rotatable bonds is 4. The largest absolute Gasteiger partial charge is 0.353 e. The van der Waals surface area contributed by atoms with E-state index in [4.69, 9.17) is 11.6 Å². The predicted molar refractivity (Wildman–Crippen MR) is 68.8 cm³/mol. The number of carbonyl (C=O) groups excluding carboxylic acids is 1. The summed E-state index contributed by atoms with van der Waals surface area (Å²) in [6.45, 7) is 4.16. The van der Waals surface area contributed by atoms with Crippen molar-refractivity contribution in [1.29, 1.82) is 0 Å². The van der Waals surface area contributed by atoms with Gasteiger partial charge in [-0.2, -0.15) is 0 Å². The third-order valence-corrected chi connectivity index (χ3v) is 5.99. The Balaban J connectivity index is 1.55. The molecule has 3 heteroatoms. The van der Waals surface area contributed by atoms with E-state index in [1.54, 1.807) is 0 Å². The van der Waals surface area contributed by atoms with Crippen LogP contribution in [-0.4, -0.2) is 17.8 Å². The molecule has 0 aromatic rings. The van der Waals surface area contributed by atoms with E-state index in [0.717, 1.165) is 23.7 Å². The molecule has 3 fully saturated rings. The Morgan fingerprint density at radius 3 is 2.41 bits per heavy atom. The molecule has 0 radical (unpaired) electrons. The van der Waals surface area contributed by atoms with Gasteiger partial charge in [-0.1, -0.05) is 6.92 Å². The maximum Gasteiger partial charge on any atom is 0.223 e. The lowest BCUT2D eigenvalue weighted by Crippen LogP contribution is -2.39. The summed E-state index contributed by atoms with van der Waals surface area (Å²) in [7, 11) is 0. The SMILES string of the molecule is CC(CCl)C(C)NC(=O)C1C2C3CCC(C3)C12. The van der Waals surface area contributed by atoms with Crippen molar-refractivity contribution in [2.24, 2.45) is 35.5 Å². The fraction of sp³-hybridized carbons (Fsp3) is 0.929. The van der Waals surface area contributed by atoms with Crippen molar-refractivity contribution in [3.63, 3.8) is 0 Å². The van der Waals surface area contributed by atoms with Crippen molar-refractivity contribution in [2.75, 3.05) is 5.88 Å². The Kier molecular flexibility index (Phi) is 2.89. The summed E-state index contributed by atoms with van der Waals surface area (Å²) >= 11 is 5.83. The average molecular weight is 256 g/mol. The third-order valence-electron chi connectivity index (χ3n) is 5.50. The topological polar surface area (TPSA) is 29.1 Å². The highest BCUT2D eigenvalue weighted by Crippen LogP contribution is 2.69. The van der Waals surface area contributed by atoms with Gasteiger partial charge in [0.15, 0.2) is 0 Å². The van der Waals surface area contributed by atoms with Gasteiger partial charge in [0.2, 0.25) is 5.91 Å². The lowest BCUT2D eigenvalue weighted by atomic mass is 10.0. The van der Waals surface area contributed by atoms with Gasteiger partial charge in [-0.3, -0.25) is 4.79 Å². The first-order chi connectivity index (χ1) is 8.13. The Morgan fingerprint density at radius 1 is 1.29 bits per heavy atom. The average Bonchev–Trinajstić information content (AvgIpc) is 2.78. The zero-order valence-electron chi connectivity index (χ0n) is 10.7. The molecule has 6 unspecified atom stereocenters. The molecule has 0 aliphatic heterocycles. The van der Waals surface area contributed by atoms with Crippen LogP contribution in [0.2, 0.25) is 0 Å². The first kappa shape index (κ1) is 11.8. The minimum absolute atomic E-state index is 0.207. The van der Waals surface area contributed by atoms with E-state index in [9.17, 15) is 4.79 Å². The second-order valence-corrected chi connectivity index (χ2v) is 6.75. The summed E-state index contributed by atoms with van der Waals surface area (Å²) in [6, 6.07) is 0.207. The number of hydrogen-bond acceptors (Lipinski definition) is 1. The number of alkyl halides is 1. The van der Waals surface area contributed by atoms with Crippen LogP contribution < -0.4 is 5.32 Å². The lowest BCUT2D eigenvalue weighted by Gasteiger charge is -2.20. The van der Waals surface area contributed by atoms with E-state index in [0.29, 0.717) is 23.6 Å². The van der Waals surface area contributed by atoms with E-state index in [1.165, 1.54) is 19.3 Å². The van der Waals surface area contributed by atoms with Gasteiger partial charge in [-0.05, 0) is 55.8 Å². The molecule has 0 aromatic heterocycles. The van der Waals surface area contributed by atoms with E-state index in [1.807, 2.05) is 0 Å². The van der Waals surface area contributed by atoms with Gasteiger partial charge < -0.3 is 5.32 Å². The molecule has 2 bridgehead atoms. The zero-order chi connectivity index (χ0) is 12.2. The second kappa shape index (κ2) is 4.15. The van der Waals surface area contributed by atoms with E-state index >= 15 is 0 Å². The summed E-state index contributed by atoms with van der Waals surface area (Å²) in [4.78, 5) is 12.2. The number of fused-ring (bicyclic) bond motifs is 5. The monoisotopic (exact) mass is 255 g/mol. The molecular weight excluding hydrogens is 234 g/mol. The van der Waals surface area contributed by atoms with Crippen LogP contribution in [0.25, 0.3) is 0 Å². The maximum absolute atomic E-state index is 12.2. The molecule has 3 rings (SSSR count). The Morgan fingerprint density at radius 2 is 1.88 bits per heavy atom. The van der Waals surface area contributed by atoms with Gasteiger partial charge >= 0.3 is 0 Å². The van der Waals surface area contributed by atoms with Crippen LogP contribution in [0.3, 0.4) is 0 Å². The first-order valence-corrected chi connectivity index (χ1v) is 7.53. The quantitative estimate of drug-likeness (QED) is 0.769. The summed E-state index contributed by atoms with van der Waals surface area (Å²) in [5, 5.41) is 3.17. The minimum atomic E-state index is 0.207. The zero-order valence-corrected chi connectivity index (χ0v) is 11.4. The van der Waals surface area contributed by atoms with Crippen LogP contribution in [0.1, 0.15) is 33.1 Å². The van der Waals surface area contributed by atoms with Crippen molar-refractivity contribution in [1.82, 2.24) is 5.32 Å². The molecule has 0 aromatic carbocycles. The van der Waals surface area contributed by atoms with E-state index in [2.05, 4.69) is 19.2 Å². The highest BCUT2D eigenvalue weighted by Gasteiger charge is 2.67. The van der Waals surface area contributed by atoms with Crippen LogP contribution in [0.4, 0.5) is 0 Å². The van der Waals surface area contributed by atoms with Crippen LogP contribution in [0.5, 0.6) is 0 Å². The van der Waals surface area contributed by atoms with Gasteiger partial charge in [-0.25, -0.2) is 0 Å². The number of nitrogens with one attached hydrogen (secondary N) is 1. The molecule has 3 aliphatic carbocycles. The molecule has 0 heterocycles. The Labute approximate surface area is 108 Å². The van der Waals surface area contributed by atoms with Crippen molar-refractivity contribution in [3.05, 3.63) is 0 Å². The molecule has 0 spiro atoms. The Bertz CT molecular complexity index is 316. The van der Waals surface area contributed by atoms with E-state index in [-0.39, 0.29) is 6.04 Å². The lowest BCUT2D eigenvalue weighted by molar-refractivity contribution is -0.124. The highest BCUT2D eigenvalue weighted by atomic mass is 35.5. The normalized spacial score (nSPS) is 45.2. The maximum atomic E-state index is 12.2. The van der Waals surface area contributed by atoms with Crippen molar-refractivity contribution < 1.29 is 4.79 Å². The molecular formula is C14H22ClNO. The predicted octanol–water partition coefficient (Wildman–Crippen LogP) is 2.66. The molecule has 0 saturated heterocycles. The van der Waals surface area contributed by atoms with Crippen molar-refractivity contribution in [3.8, 4) is 0 Å². The number of carbonyl (C=O) groups is 1. The molecule has 3 saturated carbocycles. The molecule has 96 valence electrons. The van der Waals surface area contributed by atoms with Crippen molar-refractivity contribution >= 4 is 17.5 Å². The number of amides is 1. The smallest absolute Gasteiger partial charge is 0.223 e. The van der Waals surface area contributed by atoms with Gasteiger partial charge in [0.05, 0.1) is 0 Å². The van der Waals surface area contributed by atoms with Crippen LogP contribution in [0, 0.1) is 35.5 Å². The third kappa shape index (κ3) is 1.80. The number of hydrogen-bond donors (Lipinski definition) is 1. The van der Waals surface area contributed by atoms with Crippen molar-refractivity contribution in [2.45, 2.75) is 39.2 Å². The second-order valence-electron chi connectivity index (χ2n) is 6.44. The molecule has 1 N–H and O–H groups in total. The number of halogens is 1. The fourth-order valence-electron chi connectivity index (χ4n) is 4.27. The molecule has 3 aliphatic rings. The molecule has 1 amide bonds. The van der Waals surface area contributed by atoms with E-state index < -0.39 is 0 Å². The van der Waals surface area contributed by atoms with Gasteiger partial charge in [-0.15, -0.1) is 11.6 Å². The highest BCUT2D eigenvalue weighted by molar-refractivity contribution is 6.18. The summed E-state index contributed by atoms with van der Waals surface area (Å²) in [5.74, 6) is 4.87. The standard InChI is InChI=1S/C14H22ClNO/c1-7(6-15)8(2)16-14(17)13-11-9-3-4-10(5-9)12(11)13/h7-13H,3-6H2,1-2H3,(H,16,17). The summed E-state index contributed by atoms with van der Waals surface area (Å²) < 4.78 is 0. The first-order valence-electron chi connectivity index (χ1n) is 6.99. The Hall–Kier alpha value is -0.240. The fourth-order valence-corrected chi connectivity index (χ4v) is 4.54. The molecule has 6 atom stereocenters. The van der Waals surface area contributed by atoms with Crippen LogP contribution in [0.15, 0.2) is 0 Å². The van der Waals surface area contributed by atoms with Gasteiger partial charge in [0.25, 0.3) is 0 Å². The minimum Gasteiger partial charge on any atom is -0.353 e. The van der Waals surface area contributed by atoms with Gasteiger partial charge in [0.1, 0.15) is 0 Å². The van der Waals surface area contributed by atoms with Crippen LogP contribution in [-0.2, 0) is 4.79 Å². The van der Waals surface area contributed by atoms with Gasteiger partial charge in [0, 0.05) is 17.8 Å². The summed E-state index contributed by atoms with van der Waals surface area (Å²) in [6.07, 6.45) is 4.17. The molecule has 17 heavy (non-hydrogen) atoms. The summed E-state index contributed by atoms with van der Waals surface area (Å²) in [5.41, 5.74) is 0. The van der Waals surface area contributed by atoms with Crippen LogP contribution >= 0.6 is 11.6 Å². The molecule has 2 nitrogen and oxygen atoms in total.